The summed E-state index contributed by atoms with van der Waals surface area (Å²) in [6, 6.07) is 4.68. The molecule has 2 fully saturated rings. The Kier molecular flexibility index (Phi) is 8.94. The SMILES string of the molecule is COc1ccc(CCC(=O)O)cc1-c1c(C)nc(N2CC(F)(F)C2)nc1CN1C(=O)O[C@H](c2cc(C(F)(F)F)cc(C(F)(F)F)c2)[C@@H]1C. The van der Waals surface area contributed by atoms with Crippen LogP contribution in [0.5, 0.6) is 5.75 Å². The minimum absolute atomic E-state index is 0.0303. The first-order valence-electron chi connectivity index (χ1n) is 14.4. The highest BCUT2D eigenvalue weighted by atomic mass is 19.4. The number of nitrogens with zero attached hydrogens (tertiary/aromatic N) is 4. The van der Waals surface area contributed by atoms with Gasteiger partial charge in [-0.2, -0.15) is 26.3 Å². The number of benzene rings is 2. The highest BCUT2D eigenvalue weighted by Gasteiger charge is 2.46. The van der Waals surface area contributed by atoms with Crippen molar-refractivity contribution in [1.29, 1.82) is 0 Å². The van der Waals surface area contributed by atoms with Gasteiger partial charge in [-0.05, 0) is 61.7 Å². The topological polar surface area (TPSA) is 105 Å². The van der Waals surface area contributed by atoms with Crippen LogP contribution in [0.4, 0.5) is 45.9 Å². The molecule has 0 unspecified atom stereocenters. The van der Waals surface area contributed by atoms with Gasteiger partial charge in [0.05, 0.1) is 55.3 Å². The smallest absolute Gasteiger partial charge is 0.416 e. The number of carbonyl (C=O) groups is 2. The third-order valence-corrected chi connectivity index (χ3v) is 8.09. The Hall–Kier alpha value is -4.70. The second-order valence-corrected chi connectivity index (χ2v) is 11.6. The van der Waals surface area contributed by atoms with Crippen molar-refractivity contribution in [3.8, 4) is 16.9 Å². The third-order valence-electron chi connectivity index (χ3n) is 8.09. The van der Waals surface area contributed by atoms with E-state index in [9.17, 15) is 44.7 Å². The molecule has 48 heavy (non-hydrogen) atoms. The lowest BCUT2D eigenvalue weighted by molar-refractivity contribution is -0.143. The van der Waals surface area contributed by atoms with Gasteiger partial charge in [-0.3, -0.25) is 9.69 Å². The van der Waals surface area contributed by atoms with Crippen LogP contribution in [0.3, 0.4) is 0 Å². The Morgan fingerprint density at radius 1 is 1.04 bits per heavy atom. The molecular weight excluding hydrogens is 660 g/mol. The fraction of sp³-hybridized carbons (Fsp3) is 0.419. The maximum atomic E-state index is 13.8. The number of halogens is 8. The summed E-state index contributed by atoms with van der Waals surface area (Å²) in [7, 11) is 1.37. The van der Waals surface area contributed by atoms with E-state index in [0.29, 0.717) is 34.6 Å². The van der Waals surface area contributed by atoms with Crippen LogP contribution in [-0.4, -0.2) is 64.2 Å². The standard InChI is InChI=1S/C31H28F8N4O5/c1-15-25(21-8-17(5-7-24(44)45)4-6-23(21)47-3)22(41-27(40-15)42-13-29(32,33)14-42)12-43-16(2)26(48-28(43)46)18-9-19(30(34,35)36)11-20(10-18)31(37,38)39/h4,6,8-11,16,26H,5,7,12-14H2,1-3H3,(H,44,45)/t16-,26-/m0/s1. The molecule has 1 N–H and O–H groups in total. The highest BCUT2D eigenvalue weighted by Crippen LogP contribution is 2.43. The lowest BCUT2D eigenvalue weighted by Crippen LogP contribution is -2.57. The molecule has 2 aromatic carbocycles. The van der Waals surface area contributed by atoms with Crippen molar-refractivity contribution >= 4 is 18.0 Å². The number of ether oxygens (including phenoxy) is 2. The number of aromatic nitrogens is 2. The van der Waals surface area contributed by atoms with Crippen LogP contribution in [-0.2, 0) is 34.8 Å². The summed E-state index contributed by atoms with van der Waals surface area (Å²) in [5, 5.41) is 9.16. The quantitative estimate of drug-likeness (QED) is 0.239. The van der Waals surface area contributed by atoms with Gasteiger partial charge >= 0.3 is 24.4 Å². The molecule has 3 heterocycles. The van der Waals surface area contributed by atoms with E-state index in [2.05, 4.69) is 9.97 Å². The Morgan fingerprint density at radius 3 is 2.21 bits per heavy atom. The van der Waals surface area contributed by atoms with Gasteiger partial charge in [-0.1, -0.05) is 6.07 Å². The number of rotatable bonds is 9. The average Bonchev–Trinajstić information content (AvgIpc) is 3.25. The maximum Gasteiger partial charge on any atom is 0.416 e. The number of alkyl halides is 8. The molecule has 2 atom stereocenters. The Balaban J connectivity index is 1.58. The second kappa shape index (κ2) is 12.4. The minimum Gasteiger partial charge on any atom is -0.496 e. The van der Waals surface area contributed by atoms with Crippen molar-refractivity contribution in [3.05, 3.63) is 70.0 Å². The number of carbonyl (C=O) groups excluding carboxylic acids is 1. The first-order valence-corrected chi connectivity index (χ1v) is 14.4. The van der Waals surface area contributed by atoms with E-state index in [1.54, 1.807) is 25.1 Å². The molecule has 258 valence electrons. The third kappa shape index (κ3) is 7.08. The lowest BCUT2D eigenvalue weighted by atomic mass is 9.96. The fourth-order valence-electron chi connectivity index (χ4n) is 5.70. The molecule has 3 aromatic rings. The van der Waals surface area contributed by atoms with E-state index in [0.717, 1.165) is 4.90 Å². The van der Waals surface area contributed by atoms with Crippen molar-refractivity contribution in [2.45, 2.75) is 63.7 Å². The second-order valence-electron chi connectivity index (χ2n) is 11.6. The van der Waals surface area contributed by atoms with Crippen LogP contribution in [0, 0.1) is 6.92 Å². The molecule has 2 aliphatic rings. The van der Waals surface area contributed by atoms with Gasteiger partial charge in [0, 0.05) is 17.5 Å². The number of aryl methyl sites for hydroxylation is 2. The Labute approximate surface area is 268 Å². The van der Waals surface area contributed by atoms with E-state index in [4.69, 9.17) is 14.6 Å². The summed E-state index contributed by atoms with van der Waals surface area (Å²) < 4.78 is 120. The molecule has 1 aromatic heterocycles. The van der Waals surface area contributed by atoms with Gasteiger partial charge in [0.25, 0.3) is 5.92 Å². The predicted molar refractivity (Wildman–Crippen MR) is 153 cm³/mol. The summed E-state index contributed by atoms with van der Waals surface area (Å²) in [5.74, 6) is -3.83. The zero-order chi connectivity index (χ0) is 35.3. The van der Waals surface area contributed by atoms with Crippen molar-refractivity contribution in [2.75, 3.05) is 25.1 Å². The number of carboxylic acids is 1. The fourth-order valence-corrected chi connectivity index (χ4v) is 5.70. The first kappa shape index (κ1) is 34.6. The molecule has 9 nitrogen and oxygen atoms in total. The molecule has 2 aliphatic heterocycles. The van der Waals surface area contributed by atoms with Crippen molar-refractivity contribution in [3.63, 3.8) is 0 Å². The largest absolute Gasteiger partial charge is 0.496 e. The van der Waals surface area contributed by atoms with E-state index in [1.165, 1.54) is 18.9 Å². The normalized spacial score (nSPS) is 19.3. The number of amides is 1. The van der Waals surface area contributed by atoms with Crippen LogP contribution in [0.2, 0.25) is 0 Å². The first-order chi connectivity index (χ1) is 22.3. The average molecular weight is 689 g/mol. The summed E-state index contributed by atoms with van der Waals surface area (Å²) >= 11 is 0. The molecule has 0 bridgehead atoms. The molecule has 0 radical (unpaired) electrons. The minimum atomic E-state index is -5.13. The van der Waals surface area contributed by atoms with Crippen molar-refractivity contribution < 1.29 is 59.3 Å². The number of hydrogen-bond donors (Lipinski definition) is 1. The van der Waals surface area contributed by atoms with Gasteiger partial charge in [-0.25, -0.2) is 23.5 Å². The van der Waals surface area contributed by atoms with Crippen LogP contribution in [0.25, 0.3) is 11.1 Å². The van der Waals surface area contributed by atoms with Crippen molar-refractivity contribution in [1.82, 2.24) is 14.9 Å². The van der Waals surface area contributed by atoms with Gasteiger partial charge in [0.2, 0.25) is 5.95 Å². The van der Waals surface area contributed by atoms with Gasteiger partial charge in [-0.15, -0.1) is 0 Å². The van der Waals surface area contributed by atoms with Crippen molar-refractivity contribution in [2.24, 2.45) is 0 Å². The summed E-state index contributed by atoms with van der Waals surface area (Å²) in [4.78, 5) is 35.5. The molecule has 5 rings (SSSR count). The summed E-state index contributed by atoms with van der Waals surface area (Å²) in [6.45, 7) is 1.16. The number of cyclic esters (lactones) is 1. The van der Waals surface area contributed by atoms with Gasteiger partial charge in [0.1, 0.15) is 11.9 Å². The van der Waals surface area contributed by atoms with Crippen LogP contribution in [0.1, 0.15) is 53.1 Å². The molecule has 0 spiro atoms. The maximum absolute atomic E-state index is 13.8. The van der Waals surface area contributed by atoms with Crippen LogP contribution in [0.15, 0.2) is 36.4 Å². The van der Waals surface area contributed by atoms with Gasteiger partial charge in [0.15, 0.2) is 0 Å². The van der Waals surface area contributed by atoms with Crippen LogP contribution < -0.4 is 9.64 Å². The van der Waals surface area contributed by atoms with Gasteiger partial charge < -0.3 is 19.5 Å². The van der Waals surface area contributed by atoms with E-state index in [1.807, 2.05) is 0 Å². The monoisotopic (exact) mass is 688 g/mol. The number of aliphatic carboxylic acids is 1. The van der Waals surface area contributed by atoms with E-state index < -0.39 is 78.8 Å². The Morgan fingerprint density at radius 2 is 1.67 bits per heavy atom. The van der Waals surface area contributed by atoms with E-state index in [-0.39, 0.29) is 36.2 Å². The lowest BCUT2D eigenvalue weighted by Gasteiger charge is -2.39. The van der Waals surface area contributed by atoms with Crippen LogP contribution >= 0.6 is 0 Å². The zero-order valence-corrected chi connectivity index (χ0v) is 25.5. The molecule has 17 heteroatoms. The predicted octanol–water partition coefficient (Wildman–Crippen LogP) is 7.05. The summed E-state index contributed by atoms with van der Waals surface area (Å²) in [6.07, 6.45) is -12.9. The number of carboxylic acid groups (broad SMARTS) is 1. The Bertz CT molecular complexity index is 1710. The molecule has 1 amide bonds. The molecular formula is C31H28F8N4O5. The van der Waals surface area contributed by atoms with E-state index >= 15 is 0 Å². The summed E-state index contributed by atoms with van der Waals surface area (Å²) in [5.41, 5.74) is -2.07. The number of methoxy groups -OCH3 is 1. The number of anilines is 1. The zero-order valence-electron chi connectivity index (χ0n) is 25.5. The molecule has 0 saturated carbocycles. The molecule has 0 aliphatic carbocycles. The molecule has 2 saturated heterocycles. The number of hydrogen-bond acceptors (Lipinski definition) is 7. The highest BCUT2D eigenvalue weighted by molar-refractivity contribution is 5.77.